The molecule has 1 aliphatic rings. The second kappa shape index (κ2) is 7.83. The number of carbonyl (C=O) groups is 1. The third-order valence-electron chi connectivity index (χ3n) is 4.71. The minimum Gasteiger partial charge on any atom is -0.454 e. The first kappa shape index (κ1) is 18.3. The number of halogens is 2. The number of hydrogen-bond acceptors (Lipinski definition) is 3. The Morgan fingerprint density at radius 1 is 1.23 bits per heavy atom. The van der Waals surface area contributed by atoms with Gasteiger partial charge in [0.1, 0.15) is 11.6 Å². The zero-order chi connectivity index (χ0) is 18.7. The number of carbonyl (C=O) groups excluding carboxylic acids is 1. The summed E-state index contributed by atoms with van der Waals surface area (Å²) in [6.45, 7) is 3.36. The van der Waals surface area contributed by atoms with E-state index in [1.54, 1.807) is 24.3 Å². The van der Waals surface area contributed by atoms with E-state index < -0.39 is 11.6 Å². The largest absolute Gasteiger partial charge is 0.454 e. The van der Waals surface area contributed by atoms with E-state index in [1.165, 1.54) is 6.07 Å². The van der Waals surface area contributed by atoms with Gasteiger partial charge in [-0.15, -0.1) is 0 Å². The third-order valence-corrected chi connectivity index (χ3v) is 4.71. The Balaban J connectivity index is 1.68. The van der Waals surface area contributed by atoms with E-state index in [9.17, 15) is 13.6 Å². The molecule has 0 aliphatic carbocycles. The van der Waals surface area contributed by atoms with Gasteiger partial charge in [-0.25, -0.2) is 8.78 Å². The fraction of sp³-hybridized carbons (Fsp3) is 0.350. The Kier molecular flexibility index (Phi) is 5.52. The Labute approximate surface area is 151 Å². The van der Waals surface area contributed by atoms with Gasteiger partial charge in [0.05, 0.1) is 0 Å². The summed E-state index contributed by atoms with van der Waals surface area (Å²) in [7, 11) is 0. The standard InChI is InChI=1S/C20H22F2N2O2/c1-13(23)15-3-2-10-24(12-15)20(25)14-4-7-17(8-5-14)26-19-9-6-16(21)11-18(19)22/h4-9,11,13,15H,2-3,10,12,23H2,1H3/t13-,15+/m0/s1. The Morgan fingerprint density at radius 3 is 2.62 bits per heavy atom. The Bertz CT molecular complexity index is 778. The molecule has 1 aliphatic heterocycles. The van der Waals surface area contributed by atoms with Crippen molar-refractivity contribution in [1.29, 1.82) is 0 Å². The summed E-state index contributed by atoms with van der Waals surface area (Å²) >= 11 is 0. The normalized spacial score (nSPS) is 18.5. The second-order valence-electron chi connectivity index (χ2n) is 6.71. The lowest BCUT2D eigenvalue weighted by atomic mass is 9.92. The molecule has 1 fully saturated rings. The van der Waals surface area contributed by atoms with Crippen LogP contribution in [0.4, 0.5) is 8.78 Å². The van der Waals surface area contributed by atoms with Crippen LogP contribution in [0, 0.1) is 17.6 Å². The first-order valence-corrected chi connectivity index (χ1v) is 8.72. The molecule has 6 heteroatoms. The molecule has 0 saturated carbocycles. The number of benzene rings is 2. The Morgan fingerprint density at radius 2 is 1.96 bits per heavy atom. The van der Waals surface area contributed by atoms with Gasteiger partial charge in [-0.05, 0) is 62.1 Å². The summed E-state index contributed by atoms with van der Waals surface area (Å²) in [5.74, 6) is -0.866. The summed E-state index contributed by atoms with van der Waals surface area (Å²) in [5.41, 5.74) is 6.52. The van der Waals surface area contributed by atoms with Gasteiger partial charge in [0.25, 0.3) is 5.91 Å². The topological polar surface area (TPSA) is 55.6 Å². The summed E-state index contributed by atoms with van der Waals surface area (Å²) in [6, 6.07) is 9.67. The summed E-state index contributed by atoms with van der Waals surface area (Å²) in [4.78, 5) is 14.5. The maximum absolute atomic E-state index is 13.7. The van der Waals surface area contributed by atoms with Gasteiger partial charge in [-0.3, -0.25) is 4.79 Å². The van der Waals surface area contributed by atoms with Crippen molar-refractivity contribution in [3.63, 3.8) is 0 Å². The molecule has 2 atom stereocenters. The fourth-order valence-electron chi connectivity index (χ4n) is 3.16. The number of hydrogen-bond donors (Lipinski definition) is 1. The SMILES string of the molecule is C[C@H](N)[C@@H]1CCCN(C(=O)c2ccc(Oc3ccc(F)cc3F)cc2)C1. The molecule has 0 bridgehead atoms. The van der Waals surface area contributed by atoms with Crippen LogP contribution in [0.5, 0.6) is 11.5 Å². The molecule has 1 heterocycles. The van der Waals surface area contributed by atoms with Crippen LogP contribution in [0.25, 0.3) is 0 Å². The van der Waals surface area contributed by atoms with E-state index >= 15 is 0 Å². The molecule has 138 valence electrons. The lowest BCUT2D eigenvalue weighted by Gasteiger charge is -2.34. The molecule has 2 aromatic carbocycles. The fourth-order valence-corrected chi connectivity index (χ4v) is 3.16. The van der Waals surface area contributed by atoms with E-state index in [2.05, 4.69) is 0 Å². The van der Waals surface area contributed by atoms with Crippen LogP contribution in [-0.4, -0.2) is 29.9 Å². The van der Waals surface area contributed by atoms with Crippen molar-refractivity contribution in [3.8, 4) is 11.5 Å². The highest BCUT2D eigenvalue weighted by Crippen LogP contribution is 2.26. The highest BCUT2D eigenvalue weighted by atomic mass is 19.1. The monoisotopic (exact) mass is 360 g/mol. The van der Waals surface area contributed by atoms with Crippen LogP contribution in [-0.2, 0) is 0 Å². The average molecular weight is 360 g/mol. The molecule has 4 nitrogen and oxygen atoms in total. The van der Waals surface area contributed by atoms with Gasteiger partial charge in [0.15, 0.2) is 11.6 Å². The number of nitrogens with two attached hydrogens (primary N) is 1. The number of amides is 1. The van der Waals surface area contributed by atoms with Crippen LogP contribution in [0.15, 0.2) is 42.5 Å². The number of ether oxygens (including phenoxy) is 1. The maximum atomic E-state index is 13.7. The van der Waals surface area contributed by atoms with Gasteiger partial charge in [0.2, 0.25) is 0 Å². The van der Waals surface area contributed by atoms with Crippen LogP contribution >= 0.6 is 0 Å². The minimum atomic E-state index is -0.777. The molecule has 2 aromatic rings. The van der Waals surface area contributed by atoms with Gasteiger partial charge in [-0.1, -0.05) is 0 Å². The van der Waals surface area contributed by atoms with Gasteiger partial charge < -0.3 is 15.4 Å². The Hall–Kier alpha value is -2.47. The predicted octanol–water partition coefficient (Wildman–Crippen LogP) is 3.96. The lowest BCUT2D eigenvalue weighted by molar-refractivity contribution is 0.0661. The van der Waals surface area contributed by atoms with Crippen molar-refractivity contribution < 1.29 is 18.3 Å². The summed E-state index contributed by atoms with van der Waals surface area (Å²) in [5, 5.41) is 0. The first-order valence-electron chi connectivity index (χ1n) is 8.72. The molecular weight excluding hydrogens is 338 g/mol. The molecule has 1 amide bonds. The van der Waals surface area contributed by atoms with Gasteiger partial charge in [-0.2, -0.15) is 0 Å². The lowest BCUT2D eigenvalue weighted by Crippen LogP contribution is -2.45. The molecule has 0 aromatic heterocycles. The van der Waals surface area contributed by atoms with Crippen LogP contribution in [0.2, 0.25) is 0 Å². The molecule has 1 saturated heterocycles. The quantitative estimate of drug-likeness (QED) is 0.898. The number of rotatable bonds is 4. The summed E-state index contributed by atoms with van der Waals surface area (Å²) in [6.07, 6.45) is 1.99. The van der Waals surface area contributed by atoms with E-state index in [1.807, 2.05) is 11.8 Å². The molecule has 0 radical (unpaired) electrons. The van der Waals surface area contributed by atoms with Crippen molar-refractivity contribution in [2.24, 2.45) is 11.7 Å². The van der Waals surface area contributed by atoms with Gasteiger partial charge >= 0.3 is 0 Å². The van der Waals surface area contributed by atoms with Crippen LogP contribution in [0.1, 0.15) is 30.1 Å². The zero-order valence-electron chi connectivity index (χ0n) is 14.6. The summed E-state index contributed by atoms with van der Waals surface area (Å²) < 4.78 is 32.0. The number of likely N-dealkylation sites (tertiary alicyclic amines) is 1. The first-order chi connectivity index (χ1) is 12.4. The number of nitrogens with zero attached hydrogens (tertiary/aromatic N) is 1. The highest BCUT2D eigenvalue weighted by Gasteiger charge is 2.26. The average Bonchev–Trinajstić information content (AvgIpc) is 2.64. The zero-order valence-corrected chi connectivity index (χ0v) is 14.6. The smallest absolute Gasteiger partial charge is 0.253 e. The van der Waals surface area contributed by atoms with Crippen LogP contribution in [0.3, 0.4) is 0 Å². The molecule has 2 N–H and O–H groups in total. The molecule has 0 unspecified atom stereocenters. The molecule has 3 rings (SSSR count). The van der Waals surface area contributed by atoms with E-state index in [0.717, 1.165) is 31.5 Å². The van der Waals surface area contributed by atoms with E-state index in [4.69, 9.17) is 10.5 Å². The minimum absolute atomic E-state index is 0.0464. The van der Waals surface area contributed by atoms with Crippen molar-refractivity contribution in [1.82, 2.24) is 4.90 Å². The van der Waals surface area contributed by atoms with Crippen molar-refractivity contribution >= 4 is 5.91 Å². The number of piperidine rings is 1. The van der Waals surface area contributed by atoms with Crippen LogP contribution < -0.4 is 10.5 Å². The van der Waals surface area contributed by atoms with E-state index in [0.29, 0.717) is 23.8 Å². The van der Waals surface area contributed by atoms with Crippen molar-refractivity contribution in [2.45, 2.75) is 25.8 Å². The van der Waals surface area contributed by atoms with Crippen molar-refractivity contribution in [3.05, 3.63) is 59.7 Å². The maximum Gasteiger partial charge on any atom is 0.253 e. The van der Waals surface area contributed by atoms with Crippen molar-refractivity contribution in [2.75, 3.05) is 13.1 Å². The highest BCUT2D eigenvalue weighted by molar-refractivity contribution is 5.94. The van der Waals surface area contributed by atoms with E-state index in [-0.39, 0.29) is 17.7 Å². The molecule has 0 spiro atoms. The second-order valence-corrected chi connectivity index (χ2v) is 6.71. The third kappa shape index (κ3) is 4.19. The molecular formula is C20H22F2N2O2. The predicted molar refractivity (Wildman–Crippen MR) is 95.2 cm³/mol. The van der Waals surface area contributed by atoms with Gasteiger partial charge in [0, 0.05) is 30.8 Å². The molecule has 26 heavy (non-hydrogen) atoms.